The zero-order valence-corrected chi connectivity index (χ0v) is 10.2. The lowest BCUT2D eigenvalue weighted by atomic mass is 10.2. The third-order valence-corrected chi connectivity index (χ3v) is 3.09. The third kappa shape index (κ3) is 2.14. The molecule has 0 spiro atoms. The normalized spacial score (nSPS) is 17.0. The number of anilines is 1. The van der Waals surface area contributed by atoms with Crippen molar-refractivity contribution in [1.82, 2.24) is 4.98 Å². The molecule has 1 amide bonds. The molecule has 1 aromatic rings. The minimum Gasteiger partial charge on any atom is -0.322 e. The van der Waals surface area contributed by atoms with E-state index in [9.17, 15) is 4.79 Å². The molecule has 3 N–H and O–H groups in total. The molecule has 0 atom stereocenters. The zero-order chi connectivity index (χ0) is 11.9. The highest BCUT2D eigenvalue weighted by atomic mass is 35.5. The third-order valence-electron chi connectivity index (χ3n) is 2.62. The van der Waals surface area contributed by atoms with Gasteiger partial charge in [0.1, 0.15) is 5.15 Å². The Bertz CT molecular complexity index is 434. The zero-order valence-electron chi connectivity index (χ0n) is 8.68. The summed E-state index contributed by atoms with van der Waals surface area (Å²) in [6, 6.07) is 1.64. The standard InChI is InChI=1S/C10H11Cl2N3O/c1-5-4-6(11)14-8(12)7(5)15-9(16)10(13)2-3-10/h4H,2-3,13H2,1H3,(H,15,16). The summed E-state index contributed by atoms with van der Waals surface area (Å²) in [7, 11) is 0. The lowest BCUT2D eigenvalue weighted by Crippen LogP contribution is -2.38. The predicted molar refractivity (Wildman–Crippen MR) is 63.8 cm³/mol. The van der Waals surface area contributed by atoms with E-state index in [2.05, 4.69) is 10.3 Å². The molecule has 16 heavy (non-hydrogen) atoms. The van der Waals surface area contributed by atoms with Gasteiger partial charge < -0.3 is 11.1 Å². The number of aryl methyl sites for hydroxylation is 1. The Hall–Kier alpha value is -0.840. The fourth-order valence-corrected chi connectivity index (χ4v) is 1.92. The minimum atomic E-state index is -0.727. The fourth-order valence-electron chi connectivity index (χ4n) is 1.35. The molecular weight excluding hydrogens is 249 g/mol. The summed E-state index contributed by atoms with van der Waals surface area (Å²) < 4.78 is 0. The van der Waals surface area contributed by atoms with E-state index in [1.54, 1.807) is 13.0 Å². The molecule has 1 heterocycles. The van der Waals surface area contributed by atoms with Gasteiger partial charge >= 0.3 is 0 Å². The van der Waals surface area contributed by atoms with Crippen LogP contribution in [0, 0.1) is 6.92 Å². The maximum Gasteiger partial charge on any atom is 0.244 e. The van der Waals surface area contributed by atoms with E-state index in [-0.39, 0.29) is 11.1 Å². The molecule has 0 unspecified atom stereocenters. The van der Waals surface area contributed by atoms with Gasteiger partial charge in [0.25, 0.3) is 0 Å². The minimum absolute atomic E-state index is 0.183. The van der Waals surface area contributed by atoms with E-state index in [4.69, 9.17) is 28.9 Å². The first-order valence-electron chi connectivity index (χ1n) is 4.85. The molecule has 0 aromatic carbocycles. The molecule has 0 radical (unpaired) electrons. The number of carbonyl (C=O) groups is 1. The van der Waals surface area contributed by atoms with Crippen LogP contribution in [-0.4, -0.2) is 16.4 Å². The molecule has 4 nitrogen and oxygen atoms in total. The average Bonchev–Trinajstić information content (AvgIpc) is 2.91. The van der Waals surface area contributed by atoms with E-state index in [1.807, 2.05) is 0 Å². The number of pyridine rings is 1. The van der Waals surface area contributed by atoms with Crippen LogP contribution >= 0.6 is 23.2 Å². The molecule has 2 rings (SSSR count). The second-order valence-corrected chi connectivity index (χ2v) is 4.78. The van der Waals surface area contributed by atoms with Crippen LogP contribution in [0.5, 0.6) is 0 Å². The van der Waals surface area contributed by atoms with Crippen LogP contribution < -0.4 is 11.1 Å². The number of carbonyl (C=O) groups excluding carboxylic acids is 1. The second kappa shape index (κ2) is 3.87. The summed E-state index contributed by atoms with van der Waals surface area (Å²) in [6.45, 7) is 1.80. The van der Waals surface area contributed by atoms with Crippen molar-refractivity contribution in [3.63, 3.8) is 0 Å². The maximum atomic E-state index is 11.7. The first kappa shape index (κ1) is 11.6. The van der Waals surface area contributed by atoms with Crippen molar-refractivity contribution in [3.05, 3.63) is 21.9 Å². The number of hydrogen-bond donors (Lipinski definition) is 2. The lowest BCUT2D eigenvalue weighted by Gasteiger charge is -2.13. The van der Waals surface area contributed by atoms with Gasteiger partial charge in [-0.3, -0.25) is 4.79 Å². The maximum absolute atomic E-state index is 11.7. The van der Waals surface area contributed by atoms with Crippen LogP contribution in [0.3, 0.4) is 0 Å². The fraction of sp³-hybridized carbons (Fsp3) is 0.400. The average molecular weight is 260 g/mol. The first-order chi connectivity index (χ1) is 7.42. The first-order valence-corrected chi connectivity index (χ1v) is 5.61. The Morgan fingerprint density at radius 2 is 2.19 bits per heavy atom. The SMILES string of the molecule is Cc1cc(Cl)nc(Cl)c1NC(=O)C1(N)CC1. The van der Waals surface area contributed by atoms with Gasteiger partial charge in [-0.05, 0) is 31.4 Å². The van der Waals surface area contributed by atoms with Crippen molar-refractivity contribution in [2.24, 2.45) is 5.73 Å². The highest BCUT2D eigenvalue weighted by Crippen LogP contribution is 2.35. The monoisotopic (exact) mass is 259 g/mol. The van der Waals surface area contributed by atoms with Crippen LogP contribution in [0.2, 0.25) is 10.3 Å². The van der Waals surface area contributed by atoms with Gasteiger partial charge in [0.2, 0.25) is 5.91 Å². The molecule has 1 saturated carbocycles. The van der Waals surface area contributed by atoms with Gasteiger partial charge in [-0.1, -0.05) is 23.2 Å². The highest BCUT2D eigenvalue weighted by molar-refractivity contribution is 6.34. The summed E-state index contributed by atoms with van der Waals surface area (Å²) >= 11 is 11.6. The number of nitrogens with two attached hydrogens (primary N) is 1. The number of amides is 1. The van der Waals surface area contributed by atoms with Crippen LogP contribution in [0.4, 0.5) is 5.69 Å². The number of nitrogens with one attached hydrogen (secondary N) is 1. The van der Waals surface area contributed by atoms with Crippen LogP contribution in [-0.2, 0) is 4.79 Å². The smallest absolute Gasteiger partial charge is 0.244 e. The lowest BCUT2D eigenvalue weighted by molar-refractivity contribution is -0.118. The van der Waals surface area contributed by atoms with Crippen molar-refractivity contribution >= 4 is 34.8 Å². The molecule has 0 saturated heterocycles. The Morgan fingerprint density at radius 3 is 2.69 bits per heavy atom. The van der Waals surface area contributed by atoms with E-state index in [0.717, 1.165) is 5.56 Å². The van der Waals surface area contributed by atoms with Crippen LogP contribution in [0.15, 0.2) is 6.07 Å². The van der Waals surface area contributed by atoms with Crippen LogP contribution in [0.1, 0.15) is 18.4 Å². The summed E-state index contributed by atoms with van der Waals surface area (Å²) in [5.74, 6) is -0.221. The summed E-state index contributed by atoms with van der Waals surface area (Å²) in [6.07, 6.45) is 1.41. The molecule has 0 bridgehead atoms. The molecule has 1 aliphatic rings. The van der Waals surface area contributed by atoms with E-state index in [0.29, 0.717) is 23.7 Å². The molecule has 1 aromatic heterocycles. The van der Waals surface area contributed by atoms with Crippen molar-refractivity contribution < 1.29 is 4.79 Å². The van der Waals surface area contributed by atoms with E-state index in [1.165, 1.54) is 0 Å². The van der Waals surface area contributed by atoms with Gasteiger partial charge in [-0.25, -0.2) is 4.98 Å². The van der Waals surface area contributed by atoms with E-state index >= 15 is 0 Å². The van der Waals surface area contributed by atoms with Gasteiger partial charge in [0.05, 0.1) is 11.2 Å². The number of aromatic nitrogens is 1. The number of hydrogen-bond acceptors (Lipinski definition) is 3. The van der Waals surface area contributed by atoms with Crippen molar-refractivity contribution in [1.29, 1.82) is 0 Å². The molecule has 86 valence electrons. The number of nitrogens with zero attached hydrogens (tertiary/aromatic N) is 1. The summed E-state index contributed by atoms with van der Waals surface area (Å²) in [4.78, 5) is 15.6. The summed E-state index contributed by atoms with van der Waals surface area (Å²) in [5, 5.41) is 3.17. The molecule has 1 aliphatic carbocycles. The molecular formula is C10H11Cl2N3O. The van der Waals surface area contributed by atoms with Gasteiger partial charge in [-0.2, -0.15) is 0 Å². The van der Waals surface area contributed by atoms with E-state index < -0.39 is 5.54 Å². The van der Waals surface area contributed by atoms with Gasteiger partial charge in [-0.15, -0.1) is 0 Å². The quantitative estimate of drug-likeness (QED) is 0.800. The van der Waals surface area contributed by atoms with Gasteiger partial charge in [0.15, 0.2) is 5.15 Å². The Labute approximate surface area is 103 Å². The van der Waals surface area contributed by atoms with Crippen molar-refractivity contribution in [3.8, 4) is 0 Å². The Balaban J connectivity index is 2.24. The molecule has 6 heteroatoms. The molecule has 0 aliphatic heterocycles. The van der Waals surface area contributed by atoms with Crippen LogP contribution in [0.25, 0.3) is 0 Å². The molecule has 1 fully saturated rings. The highest BCUT2D eigenvalue weighted by Gasteiger charge is 2.46. The topological polar surface area (TPSA) is 68.0 Å². The van der Waals surface area contributed by atoms with Crippen molar-refractivity contribution in [2.75, 3.05) is 5.32 Å². The Kier molecular flexibility index (Phi) is 2.82. The van der Waals surface area contributed by atoms with Crippen molar-refractivity contribution in [2.45, 2.75) is 25.3 Å². The largest absolute Gasteiger partial charge is 0.322 e. The predicted octanol–water partition coefficient (Wildman–Crippen LogP) is 2.13. The van der Waals surface area contributed by atoms with Gasteiger partial charge in [0, 0.05) is 0 Å². The second-order valence-electron chi connectivity index (χ2n) is 4.04. The number of rotatable bonds is 2. The number of halogens is 2. The summed E-state index contributed by atoms with van der Waals surface area (Å²) in [5.41, 5.74) is 6.29. The Morgan fingerprint density at radius 1 is 1.56 bits per heavy atom.